The molecule has 0 aromatic carbocycles. The molecule has 1 aliphatic heterocycles. The van der Waals surface area contributed by atoms with Gasteiger partial charge in [0.05, 0.1) is 19.3 Å². The third-order valence-corrected chi connectivity index (χ3v) is 1.42. The summed E-state index contributed by atoms with van der Waals surface area (Å²) in [5, 5.41) is 0. The molecule has 1 heterocycles. The number of hydrogen-bond donors (Lipinski definition) is 1. The van der Waals surface area contributed by atoms with Gasteiger partial charge < -0.3 is 10.5 Å². The van der Waals surface area contributed by atoms with Gasteiger partial charge in [-0.2, -0.15) is 0 Å². The molecule has 9 heavy (non-hydrogen) atoms. The predicted octanol–water partition coefficient (Wildman–Crippen LogP) is 0.369. The maximum absolute atomic E-state index is 12.4. The second-order valence-electron chi connectivity index (χ2n) is 2.19. The molecule has 0 amide bonds. The average Bonchev–Trinajstić information content (AvgIpc) is 1.77. The van der Waals surface area contributed by atoms with E-state index in [1.807, 2.05) is 0 Å². The first-order valence-corrected chi connectivity index (χ1v) is 2.84. The predicted molar refractivity (Wildman–Crippen MR) is 28.4 cm³/mol. The van der Waals surface area contributed by atoms with E-state index in [2.05, 4.69) is 0 Å². The molecular formula is C5H9F2NO. The smallest absolute Gasteiger partial charge is 0.267 e. The quantitative estimate of drug-likeness (QED) is 0.523. The molecule has 4 heteroatoms. The van der Waals surface area contributed by atoms with E-state index in [0.29, 0.717) is 0 Å². The van der Waals surface area contributed by atoms with E-state index in [1.54, 1.807) is 0 Å². The Morgan fingerprint density at radius 2 is 2.22 bits per heavy atom. The Balaban J connectivity index is 2.49. The largest absolute Gasteiger partial charge is 0.379 e. The van der Waals surface area contributed by atoms with E-state index in [1.165, 1.54) is 0 Å². The van der Waals surface area contributed by atoms with Crippen molar-refractivity contribution in [1.29, 1.82) is 0 Å². The third kappa shape index (κ3) is 1.37. The van der Waals surface area contributed by atoms with Gasteiger partial charge in [-0.3, -0.25) is 0 Å². The minimum Gasteiger partial charge on any atom is -0.379 e. The number of halogens is 2. The molecule has 1 unspecified atom stereocenters. The highest BCUT2D eigenvalue weighted by Gasteiger charge is 2.39. The van der Waals surface area contributed by atoms with Gasteiger partial charge >= 0.3 is 0 Å². The molecular weight excluding hydrogens is 128 g/mol. The van der Waals surface area contributed by atoms with Gasteiger partial charge in [-0.05, 0) is 0 Å². The molecule has 1 rings (SSSR count). The van der Waals surface area contributed by atoms with Crippen molar-refractivity contribution in [3.8, 4) is 0 Å². The van der Waals surface area contributed by atoms with Crippen LogP contribution in [0.25, 0.3) is 0 Å². The molecule has 0 radical (unpaired) electrons. The second kappa shape index (κ2) is 2.19. The monoisotopic (exact) mass is 137 g/mol. The van der Waals surface area contributed by atoms with Crippen molar-refractivity contribution in [3.63, 3.8) is 0 Å². The zero-order valence-corrected chi connectivity index (χ0v) is 4.94. The molecule has 1 atom stereocenters. The molecule has 0 saturated carbocycles. The van der Waals surface area contributed by atoms with Gasteiger partial charge in [0, 0.05) is 6.42 Å². The standard InChI is InChI=1S/C5H9F2NO/c6-5(7)1-2-9-3-4(5)8/h4H,1-3,8H2. The van der Waals surface area contributed by atoms with Crippen molar-refractivity contribution in [2.75, 3.05) is 13.2 Å². The first-order valence-electron chi connectivity index (χ1n) is 2.84. The van der Waals surface area contributed by atoms with Crippen molar-refractivity contribution in [2.24, 2.45) is 5.73 Å². The zero-order chi connectivity index (χ0) is 6.91. The molecule has 0 spiro atoms. The summed E-state index contributed by atoms with van der Waals surface area (Å²) in [6.07, 6.45) is -0.242. The van der Waals surface area contributed by atoms with Gasteiger partial charge in [0.1, 0.15) is 0 Å². The van der Waals surface area contributed by atoms with Crippen LogP contribution in [0.1, 0.15) is 6.42 Å². The lowest BCUT2D eigenvalue weighted by Crippen LogP contribution is -2.48. The molecule has 1 fully saturated rings. The maximum atomic E-state index is 12.4. The summed E-state index contributed by atoms with van der Waals surface area (Å²) in [6, 6.07) is -1.11. The highest BCUT2D eigenvalue weighted by molar-refractivity contribution is 4.82. The summed E-state index contributed by atoms with van der Waals surface area (Å²) in [6.45, 7) is 0.105. The van der Waals surface area contributed by atoms with Crippen molar-refractivity contribution >= 4 is 0 Å². The Kier molecular flexibility index (Phi) is 1.68. The lowest BCUT2D eigenvalue weighted by molar-refractivity contribution is -0.108. The summed E-state index contributed by atoms with van der Waals surface area (Å²) in [7, 11) is 0. The molecule has 0 aromatic heterocycles. The van der Waals surface area contributed by atoms with Gasteiger partial charge in [-0.25, -0.2) is 8.78 Å². The number of rotatable bonds is 0. The first kappa shape index (κ1) is 6.89. The van der Waals surface area contributed by atoms with Gasteiger partial charge in [0.25, 0.3) is 5.92 Å². The molecule has 54 valence electrons. The van der Waals surface area contributed by atoms with E-state index >= 15 is 0 Å². The van der Waals surface area contributed by atoms with Crippen LogP contribution in [0.5, 0.6) is 0 Å². The molecule has 2 N–H and O–H groups in total. The van der Waals surface area contributed by atoms with E-state index < -0.39 is 12.0 Å². The van der Waals surface area contributed by atoms with E-state index in [4.69, 9.17) is 10.5 Å². The van der Waals surface area contributed by atoms with Crippen molar-refractivity contribution < 1.29 is 13.5 Å². The van der Waals surface area contributed by atoms with Crippen LogP contribution in [0.3, 0.4) is 0 Å². The Hall–Kier alpha value is -0.220. The number of alkyl halides is 2. The molecule has 1 aliphatic rings. The second-order valence-corrected chi connectivity index (χ2v) is 2.19. The van der Waals surface area contributed by atoms with Gasteiger partial charge in [-0.15, -0.1) is 0 Å². The molecule has 0 aliphatic carbocycles. The summed E-state index contributed by atoms with van der Waals surface area (Å²) < 4.78 is 29.5. The number of hydrogen-bond acceptors (Lipinski definition) is 2. The average molecular weight is 137 g/mol. The summed E-state index contributed by atoms with van der Waals surface area (Å²) in [5.41, 5.74) is 5.04. The Labute approximate surface area is 52.0 Å². The van der Waals surface area contributed by atoms with Crippen molar-refractivity contribution in [1.82, 2.24) is 0 Å². The lowest BCUT2D eigenvalue weighted by Gasteiger charge is -2.27. The van der Waals surface area contributed by atoms with Crippen LogP contribution in [-0.4, -0.2) is 25.2 Å². The minimum atomic E-state index is -2.71. The van der Waals surface area contributed by atoms with E-state index in [0.717, 1.165) is 0 Å². The lowest BCUT2D eigenvalue weighted by atomic mass is 10.1. The van der Waals surface area contributed by atoms with E-state index in [9.17, 15) is 8.78 Å². The normalized spacial score (nSPS) is 34.3. The Morgan fingerprint density at radius 1 is 1.56 bits per heavy atom. The molecule has 2 nitrogen and oxygen atoms in total. The fourth-order valence-corrected chi connectivity index (χ4v) is 0.726. The van der Waals surface area contributed by atoms with Crippen LogP contribution >= 0.6 is 0 Å². The van der Waals surface area contributed by atoms with Gasteiger partial charge in [0.15, 0.2) is 0 Å². The molecule has 1 saturated heterocycles. The van der Waals surface area contributed by atoms with Gasteiger partial charge in [-0.1, -0.05) is 0 Å². The SMILES string of the molecule is NC1COCCC1(F)F. The first-order chi connectivity index (χ1) is 4.13. The maximum Gasteiger partial charge on any atom is 0.267 e. The van der Waals surface area contributed by atoms with Crippen molar-refractivity contribution in [2.45, 2.75) is 18.4 Å². The van der Waals surface area contributed by atoms with Crippen LogP contribution in [0.4, 0.5) is 8.78 Å². The van der Waals surface area contributed by atoms with Crippen LogP contribution in [0, 0.1) is 0 Å². The third-order valence-electron chi connectivity index (χ3n) is 1.42. The summed E-state index contributed by atoms with van der Waals surface area (Å²) in [4.78, 5) is 0. The van der Waals surface area contributed by atoms with E-state index in [-0.39, 0.29) is 19.6 Å². The topological polar surface area (TPSA) is 35.2 Å². The van der Waals surface area contributed by atoms with Crippen LogP contribution in [-0.2, 0) is 4.74 Å². The Morgan fingerprint density at radius 3 is 2.56 bits per heavy atom. The molecule has 0 bridgehead atoms. The van der Waals surface area contributed by atoms with Crippen LogP contribution in [0.15, 0.2) is 0 Å². The Bertz CT molecular complexity index is 107. The number of nitrogens with two attached hydrogens (primary N) is 1. The highest BCUT2D eigenvalue weighted by atomic mass is 19.3. The molecule has 0 aromatic rings. The fraction of sp³-hybridized carbons (Fsp3) is 1.00. The van der Waals surface area contributed by atoms with Crippen molar-refractivity contribution in [3.05, 3.63) is 0 Å². The summed E-state index contributed by atoms with van der Waals surface area (Å²) in [5.74, 6) is -2.71. The summed E-state index contributed by atoms with van der Waals surface area (Å²) >= 11 is 0. The van der Waals surface area contributed by atoms with Gasteiger partial charge in [0.2, 0.25) is 0 Å². The van der Waals surface area contributed by atoms with Crippen LogP contribution < -0.4 is 5.73 Å². The highest BCUT2D eigenvalue weighted by Crippen LogP contribution is 2.25. The fourth-order valence-electron chi connectivity index (χ4n) is 0.726. The number of ether oxygens (including phenoxy) is 1. The minimum absolute atomic E-state index is 0.0208. The van der Waals surface area contributed by atoms with Crippen LogP contribution in [0.2, 0.25) is 0 Å². The zero-order valence-electron chi connectivity index (χ0n) is 4.94.